The molecular formula is C12H21N3O. The molecule has 1 aromatic rings. The standard InChI is InChI=1S/C12H21N3O/c1-3-15-11(8-10(2)14-15)9-12(13)4-6-16-7-5-12/h8H,3-7,9,13H2,1-2H3. The highest BCUT2D eigenvalue weighted by atomic mass is 16.5. The molecule has 0 amide bonds. The minimum atomic E-state index is -0.0996. The van der Waals surface area contributed by atoms with Gasteiger partial charge in [0, 0.05) is 37.4 Å². The Hall–Kier alpha value is -0.870. The molecule has 1 aromatic heterocycles. The Morgan fingerprint density at radius 3 is 2.81 bits per heavy atom. The molecule has 2 N–H and O–H groups in total. The second-order valence-corrected chi connectivity index (χ2v) is 4.74. The molecule has 0 saturated carbocycles. The highest BCUT2D eigenvalue weighted by Gasteiger charge is 2.29. The zero-order valence-electron chi connectivity index (χ0n) is 10.2. The van der Waals surface area contributed by atoms with E-state index >= 15 is 0 Å². The number of aryl methyl sites for hydroxylation is 2. The Labute approximate surface area is 96.8 Å². The number of hydrogen-bond acceptors (Lipinski definition) is 3. The molecule has 90 valence electrons. The van der Waals surface area contributed by atoms with Gasteiger partial charge < -0.3 is 10.5 Å². The zero-order chi connectivity index (χ0) is 11.6. The van der Waals surface area contributed by atoms with Crippen molar-refractivity contribution in [2.24, 2.45) is 5.73 Å². The maximum absolute atomic E-state index is 6.40. The summed E-state index contributed by atoms with van der Waals surface area (Å²) >= 11 is 0. The first-order valence-electron chi connectivity index (χ1n) is 6.03. The van der Waals surface area contributed by atoms with Crippen LogP contribution in [0.15, 0.2) is 6.07 Å². The number of aromatic nitrogens is 2. The molecule has 0 bridgehead atoms. The van der Waals surface area contributed by atoms with E-state index < -0.39 is 0 Å². The minimum Gasteiger partial charge on any atom is -0.381 e. The predicted octanol–water partition coefficient (Wildman–Crippen LogP) is 1.26. The van der Waals surface area contributed by atoms with E-state index in [1.807, 2.05) is 6.92 Å². The summed E-state index contributed by atoms with van der Waals surface area (Å²) in [6, 6.07) is 2.15. The van der Waals surface area contributed by atoms with Crippen LogP contribution in [0.4, 0.5) is 0 Å². The first-order chi connectivity index (χ1) is 7.63. The highest BCUT2D eigenvalue weighted by Crippen LogP contribution is 2.23. The van der Waals surface area contributed by atoms with Crippen molar-refractivity contribution in [3.63, 3.8) is 0 Å². The first-order valence-corrected chi connectivity index (χ1v) is 6.03. The van der Waals surface area contributed by atoms with Gasteiger partial charge in [0.25, 0.3) is 0 Å². The van der Waals surface area contributed by atoms with Gasteiger partial charge in [0.2, 0.25) is 0 Å². The van der Waals surface area contributed by atoms with Crippen molar-refractivity contribution in [3.05, 3.63) is 17.5 Å². The lowest BCUT2D eigenvalue weighted by Crippen LogP contribution is -2.47. The summed E-state index contributed by atoms with van der Waals surface area (Å²) in [6.45, 7) is 6.63. The lowest BCUT2D eigenvalue weighted by Gasteiger charge is -2.33. The van der Waals surface area contributed by atoms with Gasteiger partial charge in [-0.05, 0) is 32.8 Å². The Balaban J connectivity index is 2.12. The van der Waals surface area contributed by atoms with Crippen LogP contribution in [-0.2, 0) is 17.7 Å². The number of hydrogen-bond donors (Lipinski definition) is 1. The molecule has 0 radical (unpaired) electrons. The van der Waals surface area contributed by atoms with Crippen LogP contribution in [0.5, 0.6) is 0 Å². The van der Waals surface area contributed by atoms with Gasteiger partial charge in [0.05, 0.1) is 5.69 Å². The van der Waals surface area contributed by atoms with Crippen molar-refractivity contribution < 1.29 is 4.74 Å². The molecule has 16 heavy (non-hydrogen) atoms. The number of nitrogens with two attached hydrogens (primary N) is 1. The van der Waals surface area contributed by atoms with E-state index in [4.69, 9.17) is 10.5 Å². The molecule has 1 aliphatic heterocycles. The lowest BCUT2D eigenvalue weighted by atomic mass is 9.86. The third kappa shape index (κ3) is 2.44. The Kier molecular flexibility index (Phi) is 3.30. The van der Waals surface area contributed by atoms with Crippen molar-refractivity contribution in [2.75, 3.05) is 13.2 Å². The summed E-state index contributed by atoms with van der Waals surface area (Å²) in [5, 5.41) is 4.46. The number of nitrogens with zero attached hydrogens (tertiary/aromatic N) is 2. The number of rotatable bonds is 3. The van der Waals surface area contributed by atoms with E-state index in [0.717, 1.165) is 44.7 Å². The molecule has 2 rings (SSSR count). The summed E-state index contributed by atoms with van der Waals surface area (Å²) in [7, 11) is 0. The molecule has 0 aliphatic carbocycles. The highest BCUT2D eigenvalue weighted by molar-refractivity contribution is 5.13. The SMILES string of the molecule is CCn1nc(C)cc1CC1(N)CCOCC1. The fourth-order valence-corrected chi connectivity index (χ4v) is 2.33. The maximum Gasteiger partial charge on any atom is 0.0596 e. The number of ether oxygens (including phenoxy) is 1. The van der Waals surface area contributed by atoms with E-state index in [2.05, 4.69) is 22.8 Å². The van der Waals surface area contributed by atoms with Crippen molar-refractivity contribution in [1.29, 1.82) is 0 Å². The molecule has 0 atom stereocenters. The van der Waals surface area contributed by atoms with Crippen LogP contribution in [0.3, 0.4) is 0 Å². The van der Waals surface area contributed by atoms with Crippen LogP contribution >= 0.6 is 0 Å². The Bertz CT molecular complexity index is 353. The predicted molar refractivity (Wildman–Crippen MR) is 63.3 cm³/mol. The van der Waals surface area contributed by atoms with E-state index in [9.17, 15) is 0 Å². The Morgan fingerprint density at radius 2 is 2.19 bits per heavy atom. The third-order valence-corrected chi connectivity index (χ3v) is 3.31. The van der Waals surface area contributed by atoms with Gasteiger partial charge in [-0.3, -0.25) is 4.68 Å². The third-order valence-electron chi connectivity index (χ3n) is 3.31. The largest absolute Gasteiger partial charge is 0.381 e. The summed E-state index contributed by atoms with van der Waals surface area (Å²) < 4.78 is 7.42. The van der Waals surface area contributed by atoms with Crippen molar-refractivity contribution >= 4 is 0 Å². The molecule has 4 heteroatoms. The summed E-state index contributed by atoms with van der Waals surface area (Å²) in [6.07, 6.45) is 2.80. The van der Waals surface area contributed by atoms with Crippen LogP contribution in [0.25, 0.3) is 0 Å². The van der Waals surface area contributed by atoms with Crippen molar-refractivity contribution in [1.82, 2.24) is 9.78 Å². The molecule has 0 unspecified atom stereocenters. The molecular weight excluding hydrogens is 202 g/mol. The molecule has 1 fully saturated rings. The summed E-state index contributed by atoms with van der Waals surface area (Å²) in [5.74, 6) is 0. The van der Waals surface area contributed by atoms with E-state index in [1.54, 1.807) is 0 Å². The minimum absolute atomic E-state index is 0.0996. The van der Waals surface area contributed by atoms with Gasteiger partial charge in [-0.15, -0.1) is 0 Å². The van der Waals surface area contributed by atoms with Crippen LogP contribution in [-0.4, -0.2) is 28.5 Å². The fraction of sp³-hybridized carbons (Fsp3) is 0.750. The van der Waals surface area contributed by atoms with Crippen LogP contribution in [0.1, 0.15) is 31.2 Å². The van der Waals surface area contributed by atoms with Gasteiger partial charge in [0.15, 0.2) is 0 Å². The summed E-state index contributed by atoms with van der Waals surface area (Å²) in [4.78, 5) is 0. The molecule has 1 aliphatic rings. The maximum atomic E-state index is 6.40. The van der Waals surface area contributed by atoms with Crippen molar-refractivity contribution in [2.45, 2.75) is 45.2 Å². The molecule has 1 saturated heterocycles. The average molecular weight is 223 g/mol. The normalized spacial score (nSPS) is 19.9. The van der Waals surface area contributed by atoms with Gasteiger partial charge in [-0.2, -0.15) is 5.10 Å². The van der Waals surface area contributed by atoms with E-state index in [0.29, 0.717) is 0 Å². The summed E-state index contributed by atoms with van der Waals surface area (Å²) in [5.41, 5.74) is 8.63. The first kappa shape index (κ1) is 11.6. The lowest BCUT2D eigenvalue weighted by molar-refractivity contribution is 0.0527. The topological polar surface area (TPSA) is 53.1 Å². The molecule has 0 aromatic carbocycles. The average Bonchev–Trinajstić information content (AvgIpc) is 2.59. The van der Waals surface area contributed by atoms with E-state index in [1.165, 1.54) is 5.69 Å². The fourth-order valence-electron chi connectivity index (χ4n) is 2.33. The smallest absolute Gasteiger partial charge is 0.0596 e. The van der Waals surface area contributed by atoms with Crippen LogP contribution in [0, 0.1) is 6.92 Å². The van der Waals surface area contributed by atoms with Crippen LogP contribution in [0.2, 0.25) is 0 Å². The van der Waals surface area contributed by atoms with E-state index in [-0.39, 0.29) is 5.54 Å². The van der Waals surface area contributed by atoms with Gasteiger partial charge in [-0.1, -0.05) is 0 Å². The monoisotopic (exact) mass is 223 g/mol. The molecule has 2 heterocycles. The second-order valence-electron chi connectivity index (χ2n) is 4.74. The van der Waals surface area contributed by atoms with Crippen LogP contribution < -0.4 is 5.73 Å². The van der Waals surface area contributed by atoms with Gasteiger partial charge in [0.1, 0.15) is 0 Å². The zero-order valence-corrected chi connectivity index (χ0v) is 10.2. The van der Waals surface area contributed by atoms with Gasteiger partial charge in [-0.25, -0.2) is 0 Å². The van der Waals surface area contributed by atoms with Gasteiger partial charge >= 0.3 is 0 Å². The van der Waals surface area contributed by atoms with Crippen molar-refractivity contribution in [3.8, 4) is 0 Å². The molecule has 4 nitrogen and oxygen atoms in total. The Morgan fingerprint density at radius 1 is 1.50 bits per heavy atom. The second kappa shape index (κ2) is 4.55. The molecule has 0 spiro atoms. The quantitative estimate of drug-likeness (QED) is 0.839.